The Hall–Kier alpha value is -0.446. The number of hydrogen-bond donors (Lipinski definition) is 0. The summed E-state index contributed by atoms with van der Waals surface area (Å²) in [5.74, 6) is 0. The Labute approximate surface area is 88.5 Å². The van der Waals surface area contributed by atoms with Crippen molar-refractivity contribution in [3.05, 3.63) is 0 Å². The summed E-state index contributed by atoms with van der Waals surface area (Å²) in [5.41, 5.74) is 14.8. The molecule has 0 aliphatic carbocycles. The second kappa shape index (κ2) is 3.02. The van der Waals surface area contributed by atoms with Crippen molar-refractivity contribution in [1.29, 1.82) is 0 Å². The lowest BCUT2D eigenvalue weighted by molar-refractivity contribution is 0.935. The molecule has 0 aromatic rings. The maximum Gasteiger partial charge on any atom is 0.215 e. The van der Waals surface area contributed by atoms with Crippen LogP contribution < -0.4 is 0 Å². The van der Waals surface area contributed by atoms with E-state index in [0.717, 1.165) is 0 Å². The van der Waals surface area contributed by atoms with Crippen molar-refractivity contribution in [2.45, 2.75) is 49.9 Å². The van der Waals surface area contributed by atoms with Crippen LogP contribution in [0, 0.1) is 22.2 Å². The second-order valence-electron chi connectivity index (χ2n) is 5.08. The van der Waals surface area contributed by atoms with E-state index < -0.39 is 16.1 Å². The molecule has 0 aromatic carbocycles. The Morgan fingerprint density at radius 3 is 1.07 bits per heavy atom. The molecule has 2 spiro atoms. The summed E-state index contributed by atoms with van der Waals surface area (Å²) in [4.78, 5) is 0. The monoisotopic (exact) mass is 216 g/mol. The molecular formula is C12H16Si2. The minimum absolute atomic E-state index is 1.30. The highest BCUT2D eigenvalue weighted by Crippen LogP contribution is 2.34. The van der Waals surface area contributed by atoms with E-state index in [4.69, 9.17) is 0 Å². The first kappa shape index (κ1) is 8.83. The van der Waals surface area contributed by atoms with Gasteiger partial charge in [-0.05, 0) is 24.2 Å². The smallest absolute Gasteiger partial charge is 0.121 e. The highest BCUT2D eigenvalue weighted by molar-refractivity contribution is 7.03. The zero-order valence-corrected chi connectivity index (χ0v) is 10.7. The molecule has 0 aromatic heterocycles. The van der Waals surface area contributed by atoms with Gasteiger partial charge in [-0.25, -0.2) is 0 Å². The van der Waals surface area contributed by atoms with Crippen molar-refractivity contribution in [3.63, 3.8) is 0 Å². The van der Waals surface area contributed by atoms with Gasteiger partial charge >= 0.3 is 0 Å². The standard InChI is InChI=1S/C12H16Si2/c1-2-6-13(5-1)9-11-14(12-10-13)7-3-4-8-14/h1-8H2. The molecule has 2 fully saturated rings. The lowest BCUT2D eigenvalue weighted by Gasteiger charge is -2.20. The Morgan fingerprint density at radius 1 is 0.500 bits per heavy atom. The fourth-order valence-electron chi connectivity index (χ4n) is 3.00. The molecular weight excluding hydrogens is 200 g/mol. The van der Waals surface area contributed by atoms with Crippen LogP contribution in [0.25, 0.3) is 0 Å². The second-order valence-corrected chi connectivity index (χ2v) is 12.4. The minimum Gasteiger partial charge on any atom is -0.121 e. The molecule has 3 heterocycles. The van der Waals surface area contributed by atoms with Crippen LogP contribution in [-0.4, -0.2) is 16.1 Å². The van der Waals surface area contributed by atoms with Gasteiger partial charge in [0, 0.05) is 0 Å². The molecule has 2 saturated heterocycles. The molecule has 0 unspecified atom stereocenters. The van der Waals surface area contributed by atoms with Gasteiger partial charge in [0.1, 0.15) is 0 Å². The summed E-state index contributed by atoms with van der Waals surface area (Å²) in [6.45, 7) is 0. The van der Waals surface area contributed by atoms with Crippen LogP contribution in [0.1, 0.15) is 25.7 Å². The van der Waals surface area contributed by atoms with Gasteiger partial charge in [0.05, 0.1) is 0 Å². The number of rotatable bonds is 0. The molecule has 0 atom stereocenters. The molecule has 2 heteroatoms. The third-order valence-electron chi connectivity index (χ3n) is 4.00. The summed E-state index contributed by atoms with van der Waals surface area (Å²) in [6, 6.07) is 5.55. The zero-order chi connectivity index (χ0) is 9.49. The summed E-state index contributed by atoms with van der Waals surface area (Å²) < 4.78 is 0. The molecule has 14 heavy (non-hydrogen) atoms. The molecule has 3 rings (SSSR count). The van der Waals surface area contributed by atoms with Crippen molar-refractivity contribution in [2.24, 2.45) is 0 Å². The van der Waals surface area contributed by atoms with Crippen LogP contribution in [0.3, 0.4) is 0 Å². The van der Waals surface area contributed by atoms with E-state index in [0.29, 0.717) is 0 Å². The van der Waals surface area contributed by atoms with E-state index in [2.05, 4.69) is 22.2 Å². The molecule has 0 saturated carbocycles. The van der Waals surface area contributed by atoms with Crippen LogP contribution >= 0.6 is 0 Å². The average Bonchev–Trinajstić information content (AvgIpc) is 2.81. The van der Waals surface area contributed by atoms with Gasteiger partial charge in [-0.1, -0.05) is 25.7 Å². The van der Waals surface area contributed by atoms with Crippen LogP contribution in [-0.2, 0) is 0 Å². The lowest BCUT2D eigenvalue weighted by atomic mass is 10.4. The third-order valence-corrected chi connectivity index (χ3v) is 11.7. The van der Waals surface area contributed by atoms with Gasteiger partial charge in [0.25, 0.3) is 0 Å². The van der Waals surface area contributed by atoms with Crippen LogP contribution in [0.2, 0.25) is 24.2 Å². The van der Waals surface area contributed by atoms with Crippen LogP contribution in [0.15, 0.2) is 0 Å². The maximum atomic E-state index is 3.70. The highest BCUT2D eigenvalue weighted by atomic mass is 28.3. The van der Waals surface area contributed by atoms with E-state index in [1.807, 2.05) is 0 Å². The van der Waals surface area contributed by atoms with Gasteiger partial charge < -0.3 is 0 Å². The molecule has 0 radical (unpaired) electrons. The fraction of sp³-hybridized carbons (Fsp3) is 0.667. The Kier molecular flexibility index (Phi) is 1.91. The highest BCUT2D eigenvalue weighted by Gasteiger charge is 2.40. The molecule has 3 aliphatic heterocycles. The van der Waals surface area contributed by atoms with E-state index in [9.17, 15) is 0 Å². The summed E-state index contributed by atoms with van der Waals surface area (Å²) in [5, 5.41) is 0. The van der Waals surface area contributed by atoms with Crippen molar-refractivity contribution >= 4 is 16.1 Å². The van der Waals surface area contributed by atoms with Crippen molar-refractivity contribution < 1.29 is 0 Å². The summed E-state index contributed by atoms with van der Waals surface area (Å²) >= 11 is 0. The summed E-state index contributed by atoms with van der Waals surface area (Å²) in [7, 11) is -2.60. The summed E-state index contributed by atoms with van der Waals surface area (Å²) in [6.07, 6.45) is 5.63. The average molecular weight is 216 g/mol. The Bertz CT molecular complexity index is 305. The van der Waals surface area contributed by atoms with E-state index in [1.165, 1.54) is 49.9 Å². The maximum absolute atomic E-state index is 3.70. The quantitative estimate of drug-likeness (QED) is 0.431. The predicted molar refractivity (Wildman–Crippen MR) is 64.8 cm³/mol. The van der Waals surface area contributed by atoms with Gasteiger partial charge in [-0.15, -0.1) is 22.2 Å². The van der Waals surface area contributed by atoms with E-state index in [1.54, 1.807) is 0 Å². The SMILES string of the molecule is C1#C[Si]2(C#C[Si]13CCCC3)CCCC2. The van der Waals surface area contributed by atoms with Crippen molar-refractivity contribution in [3.8, 4) is 22.2 Å². The first-order chi connectivity index (χ1) is 6.83. The van der Waals surface area contributed by atoms with Gasteiger partial charge in [0.15, 0.2) is 0 Å². The molecule has 0 nitrogen and oxygen atoms in total. The zero-order valence-electron chi connectivity index (χ0n) is 8.66. The van der Waals surface area contributed by atoms with Crippen LogP contribution in [0.4, 0.5) is 0 Å². The minimum atomic E-state index is -1.30. The first-order valence-corrected chi connectivity index (χ1v) is 10.7. The van der Waals surface area contributed by atoms with E-state index in [-0.39, 0.29) is 0 Å². The molecule has 3 aliphatic rings. The van der Waals surface area contributed by atoms with Gasteiger partial charge in [0.2, 0.25) is 16.1 Å². The Balaban J connectivity index is 1.90. The van der Waals surface area contributed by atoms with Crippen molar-refractivity contribution in [1.82, 2.24) is 0 Å². The normalized spacial score (nSPS) is 29.7. The van der Waals surface area contributed by atoms with Crippen molar-refractivity contribution in [2.75, 3.05) is 0 Å². The van der Waals surface area contributed by atoms with Gasteiger partial charge in [-0.3, -0.25) is 0 Å². The fourth-order valence-corrected chi connectivity index (χ4v) is 11.9. The molecule has 0 bridgehead atoms. The first-order valence-electron chi connectivity index (χ1n) is 5.91. The Morgan fingerprint density at radius 2 is 0.786 bits per heavy atom. The van der Waals surface area contributed by atoms with Gasteiger partial charge in [-0.2, -0.15) is 0 Å². The topological polar surface area (TPSA) is 0 Å². The molecule has 0 amide bonds. The number of hydrogen-bond acceptors (Lipinski definition) is 0. The predicted octanol–water partition coefficient (Wildman–Crippen LogP) is 2.65. The molecule has 0 N–H and O–H groups in total. The molecule has 72 valence electrons. The lowest BCUT2D eigenvalue weighted by Crippen LogP contribution is -2.37. The van der Waals surface area contributed by atoms with E-state index >= 15 is 0 Å². The largest absolute Gasteiger partial charge is 0.215 e. The third kappa shape index (κ3) is 1.29. The van der Waals surface area contributed by atoms with Crippen LogP contribution in [0.5, 0.6) is 0 Å².